The minimum atomic E-state index is -0.246. The van der Waals surface area contributed by atoms with Gasteiger partial charge in [0.15, 0.2) is 0 Å². The molecule has 0 saturated heterocycles. The van der Waals surface area contributed by atoms with Gasteiger partial charge in [-0.15, -0.1) is 0 Å². The van der Waals surface area contributed by atoms with E-state index in [2.05, 4.69) is 6.92 Å². The lowest BCUT2D eigenvalue weighted by atomic mass is 10.1. The highest BCUT2D eigenvalue weighted by atomic mass is 16.5. The maximum atomic E-state index is 11.1. The second kappa shape index (κ2) is 13.5. The first kappa shape index (κ1) is 18.9. The number of aldehydes is 1. The Kier molecular flexibility index (Phi) is 11.6. The van der Waals surface area contributed by atoms with Crippen LogP contribution in [0.4, 0.5) is 0 Å². The first-order chi connectivity index (χ1) is 10.9. The summed E-state index contributed by atoms with van der Waals surface area (Å²) in [5, 5.41) is 0. The highest BCUT2D eigenvalue weighted by Crippen LogP contribution is 2.12. The normalized spacial score (nSPS) is 12.2. The van der Waals surface area contributed by atoms with E-state index in [9.17, 15) is 4.79 Å². The molecule has 1 aromatic carbocycles. The first-order valence-corrected chi connectivity index (χ1v) is 8.97. The van der Waals surface area contributed by atoms with Gasteiger partial charge in [-0.2, -0.15) is 0 Å². The summed E-state index contributed by atoms with van der Waals surface area (Å²) in [6.07, 6.45) is 13.3. The molecule has 0 radical (unpaired) electrons. The SMILES string of the molecule is CCCCCCCCCCC[C@H](C=O)OCc1ccccc1. The van der Waals surface area contributed by atoms with Crippen LogP contribution in [0.2, 0.25) is 0 Å². The van der Waals surface area contributed by atoms with Crippen molar-refractivity contribution in [2.45, 2.75) is 83.8 Å². The number of benzene rings is 1. The van der Waals surface area contributed by atoms with Crippen molar-refractivity contribution in [3.05, 3.63) is 35.9 Å². The van der Waals surface area contributed by atoms with E-state index in [-0.39, 0.29) is 6.10 Å². The summed E-state index contributed by atoms with van der Waals surface area (Å²) in [5.41, 5.74) is 1.13. The topological polar surface area (TPSA) is 26.3 Å². The van der Waals surface area contributed by atoms with Crippen molar-refractivity contribution in [3.8, 4) is 0 Å². The molecule has 0 aromatic heterocycles. The summed E-state index contributed by atoms with van der Waals surface area (Å²) in [6.45, 7) is 2.78. The molecule has 0 N–H and O–H groups in total. The maximum Gasteiger partial charge on any atom is 0.148 e. The van der Waals surface area contributed by atoms with Crippen LogP contribution in [0.25, 0.3) is 0 Å². The summed E-state index contributed by atoms with van der Waals surface area (Å²) in [6, 6.07) is 10.0. The molecular weight excluding hydrogens is 272 g/mol. The Bertz CT molecular complexity index is 361. The maximum absolute atomic E-state index is 11.1. The van der Waals surface area contributed by atoms with E-state index in [0.29, 0.717) is 6.61 Å². The largest absolute Gasteiger partial charge is 0.366 e. The van der Waals surface area contributed by atoms with Gasteiger partial charge in [-0.05, 0) is 12.0 Å². The zero-order valence-corrected chi connectivity index (χ0v) is 14.1. The Balaban J connectivity index is 1.98. The molecule has 0 unspecified atom stereocenters. The van der Waals surface area contributed by atoms with Gasteiger partial charge in [0, 0.05) is 0 Å². The van der Waals surface area contributed by atoms with Gasteiger partial charge >= 0.3 is 0 Å². The van der Waals surface area contributed by atoms with Crippen molar-refractivity contribution < 1.29 is 9.53 Å². The van der Waals surface area contributed by atoms with Crippen LogP contribution in [0, 0.1) is 0 Å². The van der Waals surface area contributed by atoms with Crippen LogP contribution in [-0.4, -0.2) is 12.4 Å². The second-order valence-corrected chi connectivity index (χ2v) is 6.09. The third kappa shape index (κ3) is 9.73. The van der Waals surface area contributed by atoms with Gasteiger partial charge in [-0.3, -0.25) is 0 Å². The van der Waals surface area contributed by atoms with Crippen LogP contribution in [0.15, 0.2) is 30.3 Å². The van der Waals surface area contributed by atoms with Gasteiger partial charge in [0.05, 0.1) is 6.61 Å². The number of rotatable bonds is 14. The van der Waals surface area contributed by atoms with Gasteiger partial charge in [-0.1, -0.05) is 95.0 Å². The van der Waals surface area contributed by atoms with E-state index in [1.54, 1.807) is 0 Å². The lowest BCUT2D eigenvalue weighted by Crippen LogP contribution is -2.14. The summed E-state index contributed by atoms with van der Waals surface area (Å²) < 4.78 is 5.68. The Hall–Kier alpha value is -1.15. The predicted octanol–water partition coefficient (Wildman–Crippen LogP) is 5.69. The molecule has 0 saturated carbocycles. The van der Waals surface area contributed by atoms with Crippen molar-refractivity contribution in [2.75, 3.05) is 0 Å². The molecule has 2 heteroatoms. The number of hydrogen-bond acceptors (Lipinski definition) is 2. The van der Waals surface area contributed by atoms with Gasteiger partial charge in [0.2, 0.25) is 0 Å². The quantitative estimate of drug-likeness (QED) is 0.326. The molecule has 1 rings (SSSR count). The summed E-state index contributed by atoms with van der Waals surface area (Å²) in [4.78, 5) is 11.1. The lowest BCUT2D eigenvalue weighted by molar-refractivity contribution is -0.119. The molecule has 0 amide bonds. The Labute approximate surface area is 136 Å². The van der Waals surface area contributed by atoms with Gasteiger partial charge in [-0.25, -0.2) is 0 Å². The molecule has 0 aliphatic rings. The monoisotopic (exact) mass is 304 g/mol. The smallest absolute Gasteiger partial charge is 0.148 e. The number of hydrogen-bond donors (Lipinski definition) is 0. The van der Waals surface area contributed by atoms with E-state index >= 15 is 0 Å². The van der Waals surface area contributed by atoms with Crippen LogP contribution >= 0.6 is 0 Å². The molecule has 0 aliphatic heterocycles. The fraction of sp³-hybridized carbons (Fsp3) is 0.650. The summed E-state index contributed by atoms with van der Waals surface area (Å²) in [7, 11) is 0. The Morgan fingerprint density at radius 3 is 2.09 bits per heavy atom. The average Bonchev–Trinajstić information content (AvgIpc) is 2.57. The van der Waals surface area contributed by atoms with E-state index < -0.39 is 0 Å². The average molecular weight is 304 g/mol. The summed E-state index contributed by atoms with van der Waals surface area (Å²) >= 11 is 0. The standard InChI is InChI=1S/C20H32O2/c1-2-3-4-5-6-7-8-9-13-16-20(17-21)22-18-19-14-11-10-12-15-19/h10-12,14-15,17,20H,2-9,13,16,18H2,1H3/t20-/m1/s1. The number of carbonyl (C=O) groups is 1. The van der Waals surface area contributed by atoms with Gasteiger partial charge in [0.1, 0.15) is 12.4 Å². The molecule has 2 nitrogen and oxygen atoms in total. The molecule has 0 spiro atoms. The minimum Gasteiger partial charge on any atom is -0.366 e. The van der Waals surface area contributed by atoms with Gasteiger partial charge < -0.3 is 9.53 Å². The fourth-order valence-corrected chi connectivity index (χ4v) is 2.62. The van der Waals surface area contributed by atoms with Crippen LogP contribution in [-0.2, 0) is 16.1 Å². The van der Waals surface area contributed by atoms with Crippen molar-refractivity contribution in [1.82, 2.24) is 0 Å². The summed E-state index contributed by atoms with van der Waals surface area (Å²) in [5.74, 6) is 0. The van der Waals surface area contributed by atoms with E-state index in [1.807, 2.05) is 30.3 Å². The van der Waals surface area contributed by atoms with Crippen molar-refractivity contribution >= 4 is 6.29 Å². The Morgan fingerprint density at radius 1 is 0.909 bits per heavy atom. The molecule has 124 valence electrons. The molecule has 0 aliphatic carbocycles. The van der Waals surface area contributed by atoms with E-state index in [1.165, 1.54) is 51.4 Å². The fourth-order valence-electron chi connectivity index (χ4n) is 2.62. The first-order valence-electron chi connectivity index (χ1n) is 8.97. The lowest BCUT2D eigenvalue weighted by Gasteiger charge is -2.12. The van der Waals surface area contributed by atoms with Crippen molar-refractivity contribution in [2.24, 2.45) is 0 Å². The number of ether oxygens (including phenoxy) is 1. The zero-order chi connectivity index (χ0) is 15.9. The zero-order valence-electron chi connectivity index (χ0n) is 14.1. The molecule has 1 atom stereocenters. The Morgan fingerprint density at radius 2 is 1.50 bits per heavy atom. The van der Waals surface area contributed by atoms with E-state index in [0.717, 1.165) is 24.7 Å². The minimum absolute atomic E-state index is 0.246. The molecule has 22 heavy (non-hydrogen) atoms. The van der Waals surface area contributed by atoms with Crippen LogP contribution < -0.4 is 0 Å². The van der Waals surface area contributed by atoms with Crippen molar-refractivity contribution in [1.29, 1.82) is 0 Å². The second-order valence-electron chi connectivity index (χ2n) is 6.09. The molecule has 0 bridgehead atoms. The third-order valence-electron chi connectivity index (χ3n) is 4.05. The molecule has 0 fully saturated rings. The number of unbranched alkanes of at least 4 members (excludes halogenated alkanes) is 8. The van der Waals surface area contributed by atoms with E-state index in [4.69, 9.17) is 4.74 Å². The van der Waals surface area contributed by atoms with Crippen molar-refractivity contribution in [3.63, 3.8) is 0 Å². The predicted molar refractivity (Wildman–Crippen MR) is 92.9 cm³/mol. The van der Waals surface area contributed by atoms with Gasteiger partial charge in [0.25, 0.3) is 0 Å². The van der Waals surface area contributed by atoms with Crippen LogP contribution in [0.1, 0.15) is 76.7 Å². The third-order valence-corrected chi connectivity index (χ3v) is 4.05. The highest BCUT2D eigenvalue weighted by molar-refractivity contribution is 5.55. The number of carbonyl (C=O) groups excluding carboxylic acids is 1. The molecular formula is C20H32O2. The van der Waals surface area contributed by atoms with Crippen LogP contribution in [0.5, 0.6) is 0 Å². The van der Waals surface area contributed by atoms with Crippen LogP contribution in [0.3, 0.4) is 0 Å². The molecule has 1 aromatic rings. The molecule has 0 heterocycles. The highest BCUT2D eigenvalue weighted by Gasteiger charge is 2.07.